The lowest BCUT2D eigenvalue weighted by atomic mass is 10.2. The second kappa shape index (κ2) is 3.28. The zero-order valence-corrected chi connectivity index (χ0v) is 7.78. The number of primary sulfonamides is 1. The van der Waals surface area contributed by atoms with Crippen molar-refractivity contribution < 1.29 is 18.3 Å². The van der Waals surface area contributed by atoms with Crippen LogP contribution in [0.4, 0.5) is 0 Å². The number of phenols is 1. The van der Waals surface area contributed by atoms with Gasteiger partial charge >= 0.3 is 0 Å². The topological polar surface area (TPSA) is 123 Å². The summed E-state index contributed by atoms with van der Waals surface area (Å²) in [6, 6.07) is 3.13. The lowest BCUT2D eigenvalue weighted by molar-refractivity contribution is 0.0999. The van der Waals surface area contributed by atoms with Crippen LogP contribution in [-0.2, 0) is 10.0 Å². The molecule has 0 atom stereocenters. The third-order valence-corrected chi connectivity index (χ3v) is 2.51. The zero-order chi connectivity index (χ0) is 10.9. The first kappa shape index (κ1) is 10.5. The molecular weight excluding hydrogens is 208 g/mol. The highest BCUT2D eigenvalue weighted by Gasteiger charge is 2.14. The predicted octanol–water partition coefficient (Wildman–Crippen LogP) is -0.861. The van der Waals surface area contributed by atoms with Gasteiger partial charge in [0.1, 0.15) is 10.6 Å². The summed E-state index contributed by atoms with van der Waals surface area (Å²) in [6.45, 7) is 0. The summed E-state index contributed by atoms with van der Waals surface area (Å²) >= 11 is 0. The van der Waals surface area contributed by atoms with E-state index in [0.717, 1.165) is 12.1 Å². The molecule has 5 N–H and O–H groups in total. The first-order valence-corrected chi connectivity index (χ1v) is 5.02. The maximum atomic E-state index is 10.8. The highest BCUT2D eigenvalue weighted by atomic mass is 32.2. The fourth-order valence-corrected chi connectivity index (χ4v) is 1.52. The number of amides is 1. The van der Waals surface area contributed by atoms with Gasteiger partial charge in [0.15, 0.2) is 0 Å². The molecule has 0 spiro atoms. The molecule has 0 unspecified atom stereocenters. The minimum Gasteiger partial charge on any atom is -0.507 e. The van der Waals surface area contributed by atoms with E-state index < -0.39 is 26.6 Å². The van der Waals surface area contributed by atoms with Gasteiger partial charge in [-0.1, -0.05) is 0 Å². The van der Waals surface area contributed by atoms with Crippen LogP contribution in [0.2, 0.25) is 0 Å². The van der Waals surface area contributed by atoms with Gasteiger partial charge in [-0.25, -0.2) is 13.6 Å². The van der Waals surface area contributed by atoms with Gasteiger partial charge < -0.3 is 10.8 Å². The minimum atomic E-state index is -3.98. The summed E-state index contributed by atoms with van der Waals surface area (Å²) in [5.74, 6) is -1.36. The van der Waals surface area contributed by atoms with Crippen molar-refractivity contribution >= 4 is 15.9 Å². The summed E-state index contributed by atoms with van der Waals surface area (Å²) in [4.78, 5) is 10.2. The average molecular weight is 216 g/mol. The standard InChI is InChI=1S/C7H8N2O4S/c8-7(11)4-1-2-6(5(10)3-4)14(9,12)13/h1-3,10H,(H2,8,11)(H2,9,12,13). The molecule has 1 rings (SSSR count). The molecular formula is C7H8N2O4S. The molecule has 0 saturated heterocycles. The minimum absolute atomic E-state index is 0.00917. The molecule has 0 aliphatic heterocycles. The molecule has 1 aromatic carbocycles. The molecule has 6 nitrogen and oxygen atoms in total. The van der Waals surface area contributed by atoms with Gasteiger partial charge in [0.2, 0.25) is 15.9 Å². The van der Waals surface area contributed by atoms with Gasteiger partial charge in [-0.05, 0) is 18.2 Å². The maximum absolute atomic E-state index is 10.8. The van der Waals surface area contributed by atoms with E-state index in [2.05, 4.69) is 0 Å². The van der Waals surface area contributed by atoms with E-state index in [1.54, 1.807) is 0 Å². The number of carbonyl (C=O) groups is 1. The number of carbonyl (C=O) groups excluding carboxylic acids is 1. The van der Waals surface area contributed by atoms with Crippen molar-refractivity contribution in [3.63, 3.8) is 0 Å². The zero-order valence-electron chi connectivity index (χ0n) is 6.97. The first-order valence-electron chi connectivity index (χ1n) is 3.48. The third-order valence-electron chi connectivity index (χ3n) is 1.55. The van der Waals surface area contributed by atoms with Gasteiger partial charge in [-0.15, -0.1) is 0 Å². The Morgan fingerprint density at radius 3 is 2.29 bits per heavy atom. The number of hydrogen-bond donors (Lipinski definition) is 3. The van der Waals surface area contributed by atoms with Gasteiger partial charge in [-0.3, -0.25) is 4.79 Å². The van der Waals surface area contributed by atoms with Crippen LogP contribution < -0.4 is 10.9 Å². The highest BCUT2D eigenvalue weighted by molar-refractivity contribution is 7.89. The number of nitrogens with two attached hydrogens (primary N) is 2. The molecule has 0 fully saturated rings. The molecule has 7 heteroatoms. The van der Waals surface area contributed by atoms with Crippen LogP contribution in [-0.4, -0.2) is 19.4 Å². The van der Waals surface area contributed by atoms with E-state index in [9.17, 15) is 18.3 Å². The van der Waals surface area contributed by atoms with Crippen LogP contribution in [0.5, 0.6) is 5.75 Å². The quantitative estimate of drug-likeness (QED) is 0.594. The highest BCUT2D eigenvalue weighted by Crippen LogP contribution is 2.22. The van der Waals surface area contributed by atoms with Crippen molar-refractivity contribution in [1.29, 1.82) is 0 Å². The van der Waals surface area contributed by atoms with Crippen LogP contribution in [0.3, 0.4) is 0 Å². The Labute approximate surface area is 80.2 Å². The van der Waals surface area contributed by atoms with Crippen LogP contribution in [0.25, 0.3) is 0 Å². The molecule has 0 heterocycles. The number of rotatable bonds is 2. The van der Waals surface area contributed by atoms with Crippen LogP contribution >= 0.6 is 0 Å². The monoisotopic (exact) mass is 216 g/mol. The Hall–Kier alpha value is -1.60. The second-order valence-electron chi connectivity index (χ2n) is 2.59. The molecule has 14 heavy (non-hydrogen) atoms. The summed E-state index contributed by atoms with van der Waals surface area (Å²) in [5.41, 5.74) is 4.92. The maximum Gasteiger partial charge on any atom is 0.248 e. The Morgan fingerprint density at radius 1 is 1.36 bits per heavy atom. The van der Waals surface area contributed by atoms with E-state index in [1.165, 1.54) is 6.07 Å². The molecule has 0 aromatic heterocycles. The molecule has 0 aliphatic carbocycles. The number of benzene rings is 1. The van der Waals surface area contributed by atoms with Gasteiger partial charge in [0.25, 0.3) is 0 Å². The molecule has 0 bridgehead atoms. The largest absolute Gasteiger partial charge is 0.507 e. The van der Waals surface area contributed by atoms with Crippen LogP contribution in [0, 0.1) is 0 Å². The number of primary amides is 1. The predicted molar refractivity (Wildman–Crippen MR) is 48.0 cm³/mol. The van der Waals surface area contributed by atoms with E-state index in [1.807, 2.05) is 0 Å². The Kier molecular flexibility index (Phi) is 2.45. The molecule has 0 aliphatic rings. The van der Waals surface area contributed by atoms with Gasteiger partial charge in [0, 0.05) is 5.56 Å². The van der Waals surface area contributed by atoms with Crippen molar-refractivity contribution in [3.8, 4) is 5.75 Å². The molecule has 0 radical (unpaired) electrons. The number of aromatic hydroxyl groups is 1. The summed E-state index contributed by atoms with van der Waals surface area (Å²) < 4.78 is 21.7. The molecule has 0 saturated carbocycles. The fraction of sp³-hybridized carbons (Fsp3) is 0. The smallest absolute Gasteiger partial charge is 0.248 e. The van der Waals surface area contributed by atoms with Crippen molar-refractivity contribution in [1.82, 2.24) is 0 Å². The fourth-order valence-electron chi connectivity index (χ4n) is 0.911. The molecule has 1 amide bonds. The summed E-state index contributed by atoms with van der Waals surface area (Å²) in [6.07, 6.45) is 0. The number of phenolic OH excluding ortho intramolecular Hbond substituents is 1. The number of sulfonamides is 1. The van der Waals surface area contributed by atoms with Crippen molar-refractivity contribution in [2.75, 3.05) is 0 Å². The van der Waals surface area contributed by atoms with Crippen molar-refractivity contribution in [2.24, 2.45) is 10.9 Å². The van der Waals surface area contributed by atoms with Crippen LogP contribution in [0.15, 0.2) is 23.1 Å². The molecule has 1 aromatic rings. The Morgan fingerprint density at radius 2 is 1.93 bits per heavy atom. The van der Waals surface area contributed by atoms with E-state index >= 15 is 0 Å². The summed E-state index contributed by atoms with van der Waals surface area (Å²) in [7, 11) is -3.98. The number of hydrogen-bond acceptors (Lipinski definition) is 4. The van der Waals surface area contributed by atoms with Crippen molar-refractivity contribution in [2.45, 2.75) is 4.90 Å². The van der Waals surface area contributed by atoms with E-state index in [0.29, 0.717) is 0 Å². The summed E-state index contributed by atoms with van der Waals surface area (Å²) in [5, 5.41) is 14.0. The van der Waals surface area contributed by atoms with E-state index in [-0.39, 0.29) is 5.56 Å². The van der Waals surface area contributed by atoms with Gasteiger partial charge in [0.05, 0.1) is 0 Å². The van der Waals surface area contributed by atoms with E-state index in [4.69, 9.17) is 10.9 Å². The normalized spacial score (nSPS) is 11.2. The lowest BCUT2D eigenvalue weighted by Crippen LogP contribution is -2.14. The van der Waals surface area contributed by atoms with Gasteiger partial charge in [-0.2, -0.15) is 0 Å². The Bertz CT molecular complexity index is 480. The molecule has 76 valence electrons. The first-order chi connectivity index (χ1) is 6.32. The van der Waals surface area contributed by atoms with Crippen molar-refractivity contribution in [3.05, 3.63) is 23.8 Å². The Balaban J connectivity index is 3.35. The van der Waals surface area contributed by atoms with Crippen LogP contribution in [0.1, 0.15) is 10.4 Å². The average Bonchev–Trinajstić information content (AvgIpc) is 2.01. The second-order valence-corrected chi connectivity index (χ2v) is 4.12. The lowest BCUT2D eigenvalue weighted by Gasteiger charge is -2.02. The SMILES string of the molecule is NC(=O)c1ccc(S(N)(=O)=O)c(O)c1. The third kappa shape index (κ3) is 2.01.